The van der Waals surface area contributed by atoms with E-state index in [-0.39, 0.29) is 11.4 Å². The van der Waals surface area contributed by atoms with Gasteiger partial charge in [0.1, 0.15) is 23.7 Å². The zero-order valence-electron chi connectivity index (χ0n) is 25.6. The molecule has 1 saturated heterocycles. The first-order valence-corrected chi connectivity index (χ1v) is 16.1. The first-order chi connectivity index (χ1) is 22.5. The molecule has 4 aromatic heterocycles. The number of benzene rings is 2. The van der Waals surface area contributed by atoms with Gasteiger partial charge in [-0.15, -0.1) is 0 Å². The minimum atomic E-state index is -4.56. The number of aromatic amines is 1. The van der Waals surface area contributed by atoms with Crippen molar-refractivity contribution in [2.75, 3.05) is 56.6 Å². The molecule has 0 bridgehead atoms. The van der Waals surface area contributed by atoms with E-state index in [0.29, 0.717) is 21.3 Å². The normalized spacial score (nSPS) is 14.3. The Labute approximate surface area is 267 Å². The van der Waals surface area contributed by atoms with Gasteiger partial charge in [-0.1, -0.05) is 6.07 Å². The molecule has 0 unspecified atom stereocenters. The highest BCUT2D eigenvalue weighted by Gasteiger charge is 2.30. The molecule has 1 aliphatic heterocycles. The van der Waals surface area contributed by atoms with Crippen molar-refractivity contribution in [3.63, 3.8) is 0 Å². The molecule has 0 aliphatic carbocycles. The standard InChI is InChI=1S/C32H29F3N8O3S/c1-40-10-12-42(13-11-40)21-5-7-23-24(15-21)39-31(38-23)30-26-8-4-19(17-43(26)18-37-30)28-22(34)6-9-25(29(28)35)41(2)47(44,45)27-14-20(33)16-36-32(27)46-3/h4-9,14-18H,10-13H2,1-3H3,(H,38,39). The number of piperazine rings is 1. The van der Waals surface area contributed by atoms with Crippen molar-refractivity contribution in [2.24, 2.45) is 0 Å². The van der Waals surface area contributed by atoms with Gasteiger partial charge in [0.25, 0.3) is 10.0 Å². The molecule has 11 nitrogen and oxygen atoms in total. The molecule has 242 valence electrons. The van der Waals surface area contributed by atoms with E-state index in [4.69, 9.17) is 9.72 Å². The number of likely N-dealkylation sites (N-methyl/N-ethyl adjacent to an activating group) is 1. The van der Waals surface area contributed by atoms with E-state index < -0.39 is 43.6 Å². The Morgan fingerprint density at radius 2 is 1.77 bits per heavy atom. The Balaban J connectivity index is 1.22. The lowest BCUT2D eigenvalue weighted by Crippen LogP contribution is -2.44. The van der Waals surface area contributed by atoms with E-state index in [1.165, 1.54) is 25.7 Å². The van der Waals surface area contributed by atoms with E-state index in [2.05, 4.69) is 43.9 Å². The number of anilines is 2. The smallest absolute Gasteiger partial charge is 0.269 e. The van der Waals surface area contributed by atoms with Gasteiger partial charge < -0.3 is 23.9 Å². The molecule has 5 heterocycles. The van der Waals surface area contributed by atoms with Crippen molar-refractivity contribution in [1.29, 1.82) is 0 Å². The van der Waals surface area contributed by atoms with Crippen LogP contribution in [0.3, 0.4) is 0 Å². The molecule has 2 aromatic carbocycles. The second-order valence-corrected chi connectivity index (χ2v) is 13.2. The maximum Gasteiger partial charge on any atom is 0.269 e. The maximum atomic E-state index is 16.0. The number of nitrogens with one attached hydrogen (secondary N) is 1. The van der Waals surface area contributed by atoms with E-state index in [1.807, 2.05) is 6.07 Å². The minimum Gasteiger partial charge on any atom is -0.480 e. The highest BCUT2D eigenvalue weighted by atomic mass is 32.2. The van der Waals surface area contributed by atoms with E-state index in [0.717, 1.165) is 74.3 Å². The third kappa shape index (κ3) is 5.30. The van der Waals surface area contributed by atoms with Crippen LogP contribution >= 0.6 is 0 Å². The van der Waals surface area contributed by atoms with Crippen LogP contribution in [0.25, 0.3) is 39.2 Å². The summed E-state index contributed by atoms with van der Waals surface area (Å²) in [6.45, 7) is 3.86. The van der Waals surface area contributed by atoms with Gasteiger partial charge in [-0.25, -0.2) is 36.5 Å². The van der Waals surface area contributed by atoms with Crippen molar-refractivity contribution >= 4 is 37.9 Å². The van der Waals surface area contributed by atoms with Gasteiger partial charge in [-0.3, -0.25) is 4.31 Å². The van der Waals surface area contributed by atoms with Gasteiger partial charge in [-0.05, 0) is 43.4 Å². The molecule has 1 aliphatic rings. The molecule has 0 radical (unpaired) electrons. The predicted octanol–water partition coefficient (Wildman–Crippen LogP) is 4.94. The van der Waals surface area contributed by atoms with Gasteiger partial charge in [0.05, 0.1) is 41.1 Å². The second-order valence-electron chi connectivity index (χ2n) is 11.3. The van der Waals surface area contributed by atoms with E-state index in [1.54, 1.807) is 10.5 Å². The number of methoxy groups -OCH3 is 1. The summed E-state index contributed by atoms with van der Waals surface area (Å²) in [5.41, 5.74) is 3.15. The van der Waals surface area contributed by atoms with Crippen LogP contribution in [0, 0.1) is 17.5 Å². The molecule has 1 fully saturated rings. The van der Waals surface area contributed by atoms with Crippen LogP contribution in [0.1, 0.15) is 0 Å². The molecule has 0 atom stereocenters. The predicted molar refractivity (Wildman–Crippen MR) is 172 cm³/mol. The summed E-state index contributed by atoms with van der Waals surface area (Å²) in [5, 5.41) is 0. The lowest BCUT2D eigenvalue weighted by molar-refractivity contribution is 0.313. The number of H-pyrrole nitrogens is 1. The van der Waals surface area contributed by atoms with Crippen molar-refractivity contribution < 1.29 is 26.3 Å². The summed E-state index contributed by atoms with van der Waals surface area (Å²) in [4.78, 5) is 20.3. The fourth-order valence-corrected chi connectivity index (χ4v) is 7.09. The number of fused-ring (bicyclic) bond motifs is 2. The Kier molecular flexibility index (Phi) is 7.51. The summed E-state index contributed by atoms with van der Waals surface area (Å²) in [6, 6.07) is 12.0. The Bertz CT molecular complexity index is 2270. The first-order valence-electron chi connectivity index (χ1n) is 14.6. The van der Waals surface area contributed by atoms with Gasteiger partial charge in [0.2, 0.25) is 5.88 Å². The van der Waals surface area contributed by atoms with Crippen LogP contribution in [0.5, 0.6) is 5.88 Å². The second kappa shape index (κ2) is 11.6. The number of pyridine rings is 2. The summed E-state index contributed by atoms with van der Waals surface area (Å²) in [5.74, 6) is -2.80. The monoisotopic (exact) mass is 662 g/mol. The van der Waals surface area contributed by atoms with Gasteiger partial charge in [-0.2, -0.15) is 0 Å². The van der Waals surface area contributed by atoms with Gasteiger partial charge >= 0.3 is 0 Å². The number of rotatable bonds is 7. The van der Waals surface area contributed by atoms with Crippen LogP contribution in [0.2, 0.25) is 0 Å². The molecule has 0 amide bonds. The topological polar surface area (TPSA) is 112 Å². The molecule has 47 heavy (non-hydrogen) atoms. The third-order valence-corrected chi connectivity index (χ3v) is 10.2. The number of aromatic nitrogens is 5. The number of ether oxygens (including phenoxy) is 1. The Morgan fingerprint density at radius 1 is 0.979 bits per heavy atom. The lowest BCUT2D eigenvalue weighted by atomic mass is 10.0. The summed E-state index contributed by atoms with van der Waals surface area (Å²) in [7, 11) is -0.200. The molecule has 6 aromatic rings. The van der Waals surface area contributed by atoms with Crippen LogP contribution in [0.15, 0.2) is 72.1 Å². The lowest BCUT2D eigenvalue weighted by Gasteiger charge is -2.34. The average Bonchev–Trinajstić information content (AvgIpc) is 3.68. The Morgan fingerprint density at radius 3 is 2.53 bits per heavy atom. The van der Waals surface area contributed by atoms with Crippen molar-refractivity contribution in [3.05, 3.63) is 84.7 Å². The van der Waals surface area contributed by atoms with Crippen LogP contribution in [-0.4, -0.2) is 85.0 Å². The number of imidazole rings is 2. The fraction of sp³-hybridized carbons (Fsp3) is 0.219. The molecule has 0 saturated carbocycles. The summed E-state index contributed by atoms with van der Waals surface area (Å²) >= 11 is 0. The fourth-order valence-electron chi connectivity index (χ4n) is 5.77. The number of halogens is 3. The van der Waals surface area contributed by atoms with Gasteiger partial charge in [0.15, 0.2) is 16.5 Å². The van der Waals surface area contributed by atoms with Crippen molar-refractivity contribution in [3.8, 4) is 28.5 Å². The third-order valence-electron chi connectivity index (χ3n) is 8.40. The minimum absolute atomic E-state index is 0.135. The number of nitrogens with zero attached hydrogens (tertiary/aromatic N) is 7. The summed E-state index contributed by atoms with van der Waals surface area (Å²) in [6.07, 6.45) is 3.81. The van der Waals surface area contributed by atoms with E-state index in [9.17, 15) is 12.8 Å². The molecule has 7 rings (SSSR count). The molecule has 0 spiro atoms. The largest absolute Gasteiger partial charge is 0.480 e. The molecular formula is C32H29F3N8O3S. The SMILES string of the molecule is COc1ncc(F)cc1S(=O)(=O)N(C)c1ccc(F)c(-c2ccc3c(-c4nc5ccc(N6CCN(C)CC6)cc5[nH]4)ncn3c2)c1F. The number of sulfonamides is 1. The van der Waals surface area contributed by atoms with Crippen LogP contribution < -0.4 is 13.9 Å². The van der Waals surface area contributed by atoms with E-state index >= 15 is 8.78 Å². The molecule has 1 N–H and O–H groups in total. The quantitative estimate of drug-likeness (QED) is 0.256. The average molecular weight is 663 g/mol. The first kappa shape index (κ1) is 30.5. The highest BCUT2D eigenvalue weighted by Crippen LogP contribution is 2.36. The number of hydrogen-bond donors (Lipinski definition) is 1. The highest BCUT2D eigenvalue weighted by molar-refractivity contribution is 7.92. The maximum absolute atomic E-state index is 16.0. The molecular weight excluding hydrogens is 633 g/mol. The summed E-state index contributed by atoms with van der Waals surface area (Å²) < 4.78 is 79.2. The van der Waals surface area contributed by atoms with Crippen LogP contribution in [0.4, 0.5) is 24.5 Å². The van der Waals surface area contributed by atoms with Crippen LogP contribution in [-0.2, 0) is 10.0 Å². The molecule has 15 heteroatoms. The Hall–Kier alpha value is -5.15. The van der Waals surface area contributed by atoms with Crippen molar-refractivity contribution in [1.82, 2.24) is 29.2 Å². The van der Waals surface area contributed by atoms with Gasteiger partial charge in [0, 0.05) is 56.7 Å². The number of hydrogen-bond acceptors (Lipinski definition) is 8. The van der Waals surface area contributed by atoms with Crippen molar-refractivity contribution in [2.45, 2.75) is 4.90 Å². The zero-order chi connectivity index (χ0) is 33.0. The zero-order valence-corrected chi connectivity index (χ0v) is 26.4.